The zero-order valence-corrected chi connectivity index (χ0v) is 18.6. The number of fused-ring (bicyclic) bond motifs is 1. The van der Waals surface area contributed by atoms with Crippen LogP contribution in [0.25, 0.3) is 28.2 Å². The Bertz CT molecular complexity index is 1350. The molecule has 0 saturated carbocycles. The number of pyridine rings is 1. The van der Waals surface area contributed by atoms with Crippen LogP contribution in [0.3, 0.4) is 0 Å². The van der Waals surface area contributed by atoms with Crippen molar-refractivity contribution in [2.75, 3.05) is 25.9 Å². The van der Waals surface area contributed by atoms with Gasteiger partial charge < -0.3 is 15.0 Å². The third-order valence-corrected chi connectivity index (χ3v) is 6.23. The normalized spacial score (nSPS) is 16.5. The maximum atomic E-state index is 13.6. The maximum Gasteiger partial charge on any atom is 0.185 e. The van der Waals surface area contributed by atoms with E-state index in [1.165, 1.54) is 12.1 Å². The number of hydrogen-bond donors (Lipinski definition) is 1. The highest BCUT2D eigenvalue weighted by Crippen LogP contribution is 2.32. The Kier molecular flexibility index (Phi) is 5.38. The van der Waals surface area contributed by atoms with E-state index in [9.17, 15) is 9.18 Å². The second kappa shape index (κ2) is 8.37. The number of nitrogens with two attached hydrogens (primary N) is 1. The van der Waals surface area contributed by atoms with E-state index in [1.54, 1.807) is 18.3 Å². The van der Waals surface area contributed by atoms with Crippen LogP contribution in [0.2, 0.25) is 0 Å². The highest BCUT2D eigenvalue weighted by Gasteiger charge is 2.26. The number of likely N-dealkylation sites (tertiary alicyclic amines) is 1. The number of rotatable bonds is 5. The standard InChI is InChI=1S/C25H25FN6O/c1-15-12-28-21-8-5-18(14-32(15)21)23-22(17-3-6-19(26)7-4-17)30-25(27)24(29-23)20(33)11-16-9-10-31(2)13-16/h3-8,12,14,16H,9-11,13H2,1-2H3,(H2,27,30)/t16-/m0/s1. The molecule has 1 fully saturated rings. The Morgan fingerprint density at radius 2 is 1.85 bits per heavy atom. The van der Waals surface area contributed by atoms with Crippen molar-refractivity contribution in [3.05, 3.63) is 66.0 Å². The molecule has 0 aliphatic carbocycles. The highest BCUT2D eigenvalue weighted by atomic mass is 19.1. The van der Waals surface area contributed by atoms with Crippen molar-refractivity contribution in [2.24, 2.45) is 5.92 Å². The van der Waals surface area contributed by atoms with Crippen LogP contribution in [0.15, 0.2) is 48.8 Å². The molecular formula is C25H25FN6O. The van der Waals surface area contributed by atoms with Gasteiger partial charge in [-0.15, -0.1) is 0 Å². The van der Waals surface area contributed by atoms with Gasteiger partial charge in [-0.1, -0.05) is 0 Å². The Balaban J connectivity index is 1.63. The largest absolute Gasteiger partial charge is 0.382 e. The van der Waals surface area contributed by atoms with E-state index in [4.69, 9.17) is 10.7 Å². The molecule has 0 spiro atoms. The van der Waals surface area contributed by atoms with Crippen molar-refractivity contribution in [3.8, 4) is 22.5 Å². The van der Waals surface area contributed by atoms with E-state index < -0.39 is 0 Å². The van der Waals surface area contributed by atoms with E-state index in [0.717, 1.165) is 36.4 Å². The lowest BCUT2D eigenvalue weighted by Gasteiger charge is -2.14. The number of carbonyl (C=O) groups excluding carboxylic acids is 1. The first-order valence-corrected chi connectivity index (χ1v) is 11.0. The van der Waals surface area contributed by atoms with E-state index in [2.05, 4.69) is 21.9 Å². The fraction of sp³-hybridized carbons (Fsp3) is 0.280. The molecule has 5 rings (SSSR count). The molecule has 1 aromatic carbocycles. The Morgan fingerprint density at radius 1 is 1.12 bits per heavy atom. The zero-order chi connectivity index (χ0) is 23.1. The Morgan fingerprint density at radius 3 is 2.58 bits per heavy atom. The lowest BCUT2D eigenvalue weighted by molar-refractivity contribution is 0.0958. The molecule has 33 heavy (non-hydrogen) atoms. The Labute approximate surface area is 191 Å². The number of Topliss-reactive ketones (excluding diaryl/α,β-unsaturated/α-hetero) is 1. The SMILES string of the molecule is Cc1cnc2ccc(-c3nc(C(=O)C[C@@H]4CCN(C)C4)c(N)nc3-c3ccc(F)cc3)cn12. The number of anilines is 1. The molecule has 3 aromatic heterocycles. The van der Waals surface area contributed by atoms with Crippen LogP contribution in [0.4, 0.5) is 10.2 Å². The second-order valence-electron chi connectivity index (χ2n) is 8.75. The van der Waals surface area contributed by atoms with Crippen molar-refractivity contribution < 1.29 is 9.18 Å². The van der Waals surface area contributed by atoms with Crippen LogP contribution in [-0.4, -0.2) is 50.2 Å². The lowest BCUT2D eigenvalue weighted by Crippen LogP contribution is -2.18. The predicted molar refractivity (Wildman–Crippen MR) is 125 cm³/mol. The van der Waals surface area contributed by atoms with Crippen molar-refractivity contribution >= 4 is 17.2 Å². The van der Waals surface area contributed by atoms with Crippen molar-refractivity contribution in [2.45, 2.75) is 19.8 Å². The van der Waals surface area contributed by atoms with Gasteiger partial charge in [-0.2, -0.15) is 0 Å². The smallest absolute Gasteiger partial charge is 0.185 e. The molecule has 4 aromatic rings. The summed E-state index contributed by atoms with van der Waals surface area (Å²) in [6.07, 6.45) is 5.08. The first kappa shape index (κ1) is 21.2. The number of aryl methyl sites for hydroxylation is 1. The van der Waals surface area contributed by atoms with Crippen LogP contribution in [-0.2, 0) is 0 Å². The first-order valence-electron chi connectivity index (χ1n) is 11.0. The molecule has 0 amide bonds. The summed E-state index contributed by atoms with van der Waals surface area (Å²) in [4.78, 5) is 29.1. The number of imidazole rings is 1. The van der Waals surface area contributed by atoms with Gasteiger partial charge >= 0.3 is 0 Å². The molecule has 2 N–H and O–H groups in total. The fourth-order valence-electron chi connectivity index (χ4n) is 4.46. The number of nitrogens with zero attached hydrogens (tertiary/aromatic N) is 5. The van der Waals surface area contributed by atoms with Crippen LogP contribution in [0, 0.1) is 18.7 Å². The molecule has 1 saturated heterocycles. The number of aromatic nitrogens is 4. The number of carbonyl (C=O) groups is 1. The molecule has 8 heteroatoms. The fourth-order valence-corrected chi connectivity index (χ4v) is 4.46. The molecule has 0 bridgehead atoms. The van der Waals surface area contributed by atoms with Gasteiger partial charge in [-0.05, 0) is 69.3 Å². The summed E-state index contributed by atoms with van der Waals surface area (Å²) < 4.78 is 15.5. The number of halogens is 1. The van der Waals surface area contributed by atoms with Gasteiger partial charge in [0.25, 0.3) is 0 Å². The summed E-state index contributed by atoms with van der Waals surface area (Å²) in [6.45, 7) is 3.83. The van der Waals surface area contributed by atoms with Gasteiger partial charge in [0.1, 0.15) is 17.2 Å². The molecule has 168 valence electrons. The number of nitrogen functional groups attached to an aromatic ring is 1. The summed E-state index contributed by atoms with van der Waals surface area (Å²) in [5.41, 5.74) is 10.7. The zero-order valence-electron chi connectivity index (χ0n) is 18.6. The predicted octanol–water partition coefficient (Wildman–Crippen LogP) is 4.01. The van der Waals surface area contributed by atoms with Gasteiger partial charge in [0.15, 0.2) is 11.6 Å². The van der Waals surface area contributed by atoms with Gasteiger partial charge in [0.2, 0.25) is 0 Å². The summed E-state index contributed by atoms with van der Waals surface area (Å²) in [5.74, 6) is -0.0692. The van der Waals surface area contributed by atoms with Gasteiger partial charge in [-0.25, -0.2) is 19.3 Å². The topological polar surface area (TPSA) is 89.4 Å². The quantitative estimate of drug-likeness (QED) is 0.468. The summed E-state index contributed by atoms with van der Waals surface area (Å²) in [5, 5.41) is 0. The van der Waals surface area contributed by atoms with Crippen LogP contribution in [0.5, 0.6) is 0 Å². The van der Waals surface area contributed by atoms with Crippen molar-refractivity contribution in [1.29, 1.82) is 0 Å². The summed E-state index contributed by atoms with van der Waals surface area (Å²) in [6, 6.07) is 9.81. The third kappa shape index (κ3) is 4.09. The summed E-state index contributed by atoms with van der Waals surface area (Å²) in [7, 11) is 2.06. The van der Waals surface area contributed by atoms with Gasteiger partial charge in [0.05, 0.1) is 11.4 Å². The highest BCUT2D eigenvalue weighted by molar-refractivity contribution is 5.99. The molecule has 1 aliphatic rings. The number of hydrogen-bond acceptors (Lipinski definition) is 6. The molecule has 1 aliphatic heterocycles. The van der Waals surface area contributed by atoms with Crippen LogP contribution >= 0.6 is 0 Å². The van der Waals surface area contributed by atoms with Gasteiger partial charge in [0, 0.05) is 42.2 Å². The third-order valence-electron chi connectivity index (χ3n) is 6.23. The van der Waals surface area contributed by atoms with Crippen LogP contribution < -0.4 is 5.73 Å². The molecule has 4 heterocycles. The van der Waals surface area contributed by atoms with E-state index in [-0.39, 0.29) is 29.0 Å². The minimum Gasteiger partial charge on any atom is -0.382 e. The molecular weight excluding hydrogens is 419 g/mol. The van der Waals surface area contributed by atoms with E-state index in [0.29, 0.717) is 23.4 Å². The number of ketones is 1. The minimum absolute atomic E-state index is 0.0920. The van der Waals surface area contributed by atoms with E-state index in [1.807, 2.05) is 29.7 Å². The minimum atomic E-state index is -0.343. The lowest BCUT2D eigenvalue weighted by atomic mass is 9.99. The summed E-state index contributed by atoms with van der Waals surface area (Å²) >= 11 is 0. The average molecular weight is 445 g/mol. The monoisotopic (exact) mass is 444 g/mol. The average Bonchev–Trinajstić information content (AvgIpc) is 3.38. The van der Waals surface area contributed by atoms with Crippen molar-refractivity contribution in [3.63, 3.8) is 0 Å². The second-order valence-corrected chi connectivity index (χ2v) is 8.75. The van der Waals surface area contributed by atoms with Gasteiger partial charge in [-0.3, -0.25) is 4.79 Å². The molecule has 0 radical (unpaired) electrons. The first-order chi connectivity index (χ1) is 15.9. The molecule has 1 atom stereocenters. The van der Waals surface area contributed by atoms with E-state index >= 15 is 0 Å². The molecule has 7 nitrogen and oxygen atoms in total. The number of benzene rings is 1. The maximum absolute atomic E-state index is 13.6. The van der Waals surface area contributed by atoms with Crippen molar-refractivity contribution in [1.82, 2.24) is 24.3 Å². The Hall–Kier alpha value is -3.65. The molecule has 0 unspecified atom stereocenters. The van der Waals surface area contributed by atoms with Crippen LogP contribution in [0.1, 0.15) is 29.0 Å².